The van der Waals surface area contributed by atoms with E-state index in [4.69, 9.17) is 5.41 Å². The van der Waals surface area contributed by atoms with Gasteiger partial charge in [0.25, 0.3) is 0 Å². The molecule has 3 rings (SSSR count). The Morgan fingerprint density at radius 3 is 2.46 bits per heavy atom. The lowest BCUT2D eigenvalue weighted by Crippen LogP contribution is -2.40. The smallest absolute Gasteiger partial charge is 0.168 e. The minimum Gasteiger partial charge on any atom is -0.387 e. The number of imidazole rings is 1. The summed E-state index contributed by atoms with van der Waals surface area (Å²) in [5, 5.41) is 31.8. The molecule has 0 amide bonds. The summed E-state index contributed by atoms with van der Waals surface area (Å²) in [5.74, 6) is -0.377. The number of aldehydes is 1. The Hall–Kier alpha value is -2.06. The Labute approximate surface area is 164 Å². The molecule has 0 bridgehead atoms. The Morgan fingerprint density at radius 2 is 2.00 bits per heavy atom. The molecule has 2 aliphatic rings. The predicted molar refractivity (Wildman–Crippen MR) is 103 cm³/mol. The predicted octanol–water partition coefficient (Wildman–Crippen LogP) is 2.06. The summed E-state index contributed by atoms with van der Waals surface area (Å²) >= 11 is 0. The number of hydrogen-bond donors (Lipinski definition) is 4. The van der Waals surface area contributed by atoms with Crippen LogP contribution in [-0.4, -0.2) is 50.0 Å². The van der Waals surface area contributed by atoms with Crippen LogP contribution in [0.2, 0.25) is 0 Å². The molecular formula is C20H29FN4O3. The van der Waals surface area contributed by atoms with E-state index in [0.717, 1.165) is 24.8 Å². The first kappa shape index (κ1) is 20.7. The van der Waals surface area contributed by atoms with Crippen molar-refractivity contribution < 1.29 is 19.4 Å². The Bertz CT molecular complexity index is 810. The zero-order valence-corrected chi connectivity index (χ0v) is 16.8. The molecule has 2 unspecified atom stereocenters. The third-order valence-corrected chi connectivity index (χ3v) is 6.32. The molecule has 7 nitrogen and oxygen atoms in total. The van der Waals surface area contributed by atoms with Gasteiger partial charge in [-0.15, -0.1) is 0 Å². The van der Waals surface area contributed by atoms with Gasteiger partial charge >= 0.3 is 0 Å². The normalized spacial score (nSPS) is 30.8. The highest BCUT2D eigenvalue weighted by molar-refractivity contribution is 6.02. The molecule has 0 aromatic carbocycles. The van der Waals surface area contributed by atoms with Crippen molar-refractivity contribution in [3.63, 3.8) is 0 Å². The van der Waals surface area contributed by atoms with Crippen LogP contribution < -0.4 is 5.32 Å². The van der Waals surface area contributed by atoms with Gasteiger partial charge in [-0.05, 0) is 51.4 Å². The van der Waals surface area contributed by atoms with Crippen molar-refractivity contribution in [3.8, 4) is 0 Å². The summed E-state index contributed by atoms with van der Waals surface area (Å²) in [4.78, 5) is 15.8. The van der Waals surface area contributed by atoms with Gasteiger partial charge in [0.2, 0.25) is 0 Å². The van der Waals surface area contributed by atoms with Gasteiger partial charge in [0, 0.05) is 20.0 Å². The Kier molecular flexibility index (Phi) is 5.22. The highest BCUT2D eigenvalue weighted by Crippen LogP contribution is 2.55. The zero-order valence-electron chi connectivity index (χ0n) is 16.8. The quantitative estimate of drug-likeness (QED) is 0.437. The van der Waals surface area contributed by atoms with E-state index in [2.05, 4.69) is 10.3 Å². The fraction of sp³-hybridized carbons (Fsp3) is 0.650. The van der Waals surface area contributed by atoms with E-state index in [1.54, 1.807) is 17.9 Å². The average molecular weight is 392 g/mol. The summed E-state index contributed by atoms with van der Waals surface area (Å²) < 4.78 is 16.6. The average Bonchev–Trinajstić information content (AvgIpc) is 3.24. The second kappa shape index (κ2) is 7.08. The van der Waals surface area contributed by atoms with Gasteiger partial charge in [-0.2, -0.15) is 0 Å². The van der Waals surface area contributed by atoms with Crippen LogP contribution in [0.1, 0.15) is 61.6 Å². The van der Waals surface area contributed by atoms with Crippen LogP contribution in [0.3, 0.4) is 0 Å². The molecule has 2 saturated carbocycles. The van der Waals surface area contributed by atoms with Crippen LogP contribution in [0, 0.1) is 17.2 Å². The first-order valence-corrected chi connectivity index (χ1v) is 9.60. The maximum absolute atomic E-state index is 14.9. The number of rotatable bonds is 6. The first-order valence-electron chi connectivity index (χ1n) is 9.60. The topological polar surface area (TPSA) is 111 Å². The molecule has 1 heterocycles. The molecule has 2 aliphatic carbocycles. The summed E-state index contributed by atoms with van der Waals surface area (Å²) in [7, 11) is 3.31. The van der Waals surface area contributed by atoms with Crippen LogP contribution in [0.4, 0.5) is 4.39 Å². The Balaban J connectivity index is 1.81. The minimum absolute atomic E-state index is 0.0306. The number of fused-ring (bicyclic) bond motifs is 1. The van der Waals surface area contributed by atoms with Gasteiger partial charge in [0.1, 0.15) is 22.6 Å². The lowest BCUT2D eigenvalue weighted by Gasteiger charge is -2.29. The van der Waals surface area contributed by atoms with Crippen molar-refractivity contribution in [2.24, 2.45) is 18.9 Å². The van der Waals surface area contributed by atoms with E-state index in [9.17, 15) is 19.4 Å². The van der Waals surface area contributed by atoms with Crippen molar-refractivity contribution in [2.75, 3.05) is 7.05 Å². The van der Waals surface area contributed by atoms with E-state index in [0.29, 0.717) is 18.5 Å². The molecule has 1 aromatic heterocycles. The van der Waals surface area contributed by atoms with Crippen molar-refractivity contribution in [1.29, 1.82) is 5.41 Å². The molecule has 0 saturated heterocycles. The molecule has 154 valence electrons. The van der Waals surface area contributed by atoms with Crippen molar-refractivity contribution in [2.45, 2.75) is 56.7 Å². The van der Waals surface area contributed by atoms with Gasteiger partial charge in [-0.25, -0.2) is 9.37 Å². The van der Waals surface area contributed by atoms with E-state index < -0.39 is 22.7 Å². The van der Waals surface area contributed by atoms with Gasteiger partial charge < -0.3 is 20.1 Å². The Morgan fingerprint density at radius 1 is 1.43 bits per heavy atom. The summed E-state index contributed by atoms with van der Waals surface area (Å²) in [6.07, 6.45) is 4.79. The standard InChI is InChI=1S/C20H29FN4O3/c1-19(2,27)17(22)15(21)18(23-3)20(28)7-12-5-11(6-13(12)8-20)16-14(9-26)25(4)10-24-16/h9-13,22-23,27-28H,5-8H2,1-4H3/b18-15+,22-17?. The fourth-order valence-corrected chi connectivity index (χ4v) is 4.95. The number of aromatic nitrogens is 2. The van der Waals surface area contributed by atoms with E-state index >= 15 is 0 Å². The number of likely N-dealkylation sites (N-methyl/N-ethyl adjacent to an activating group) is 1. The molecule has 2 atom stereocenters. The summed E-state index contributed by atoms with van der Waals surface area (Å²) in [6, 6.07) is 0. The fourth-order valence-electron chi connectivity index (χ4n) is 4.95. The number of nitrogens with one attached hydrogen (secondary N) is 2. The van der Waals surface area contributed by atoms with Crippen LogP contribution in [0.25, 0.3) is 0 Å². The molecule has 28 heavy (non-hydrogen) atoms. The van der Waals surface area contributed by atoms with E-state index in [1.165, 1.54) is 20.9 Å². The molecule has 0 radical (unpaired) electrons. The van der Waals surface area contributed by atoms with Crippen LogP contribution in [-0.2, 0) is 7.05 Å². The number of carbonyl (C=O) groups excluding carboxylic acids is 1. The number of halogens is 1. The number of aryl methyl sites for hydroxylation is 1. The van der Waals surface area contributed by atoms with Crippen LogP contribution in [0.15, 0.2) is 17.9 Å². The van der Waals surface area contributed by atoms with Crippen molar-refractivity contribution >= 4 is 12.0 Å². The molecule has 4 N–H and O–H groups in total. The van der Waals surface area contributed by atoms with E-state index in [-0.39, 0.29) is 23.5 Å². The monoisotopic (exact) mass is 392 g/mol. The third kappa shape index (κ3) is 3.39. The number of hydrogen-bond acceptors (Lipinski definition) is 6. The van der Waals surface area contributed by atoms with Crippen LogP contribution in [0.5, 0.6) is 0 Å². The molecule has 8 heteroatoms. The third-order valence-electron chi connectivity index (χ3n) is 6.32. The molecule has 0 spiro atoms. The lowest BCUT2D eigenvalue weighted by molar-refractivity contribution is 0.0668. The number of aliphatic hydroxyl groups is 2. The molecule has 0 aliphatic heterocycles. The molecular weight excluding hydrogens is 363 g/mol. The first-order chi connectivity index (χ1) is 13.0. The second-order valence-electron chi connectivity index (χ2n) is 8.75. The second-order valence-corrected chi connectivity index (χ2v) is 8.75. The zero-order chi connectivity index (χ0) is 20.9. The number of carbonyl (C=O) groups is 1. The minimum atomic E-state index is -1.63. The highest BCUT2D eigenvalue weighted by atomic mass is 19.1. The van der Waals surface area contributed by atoms with Crippen LogP contribution >= 0.6 is 0 Å². The van der Waals surface area contributed by atoms with Gasteiger partial charge in [-0.3, -0.25) is 10.2 Å². The maximum atomic E-state index is 14.9. The number of nitrogens with zero attached hydrogens (tertiary/aromatic N) is 2. The summed E-state index contributed by atoms with van der Waals surface area (Å²) in [6.45, 7) is 2.69. The van der Waals surface area contributed by atoms with Crippen molar-refractivity contribution in [1.82, 2.24) is 14.9 Å². The van der Waals surface area contributed by atoms with Gasteiger partial charge in [-0.1, -0.05) is 0 Å². The maximum Gasteiger partial charge on any atom is 0.168 e. The van der Waals surface area contributed by atoms with Crippen molar-refractivity contribution in [3.05, 3.63) is 29.2 Å². The largest absolute Gasteiger partial charge is 0.387 e. The summed E-state index contributed by atoms with van der Waals surface area (Å²) in [5.41, 5.74) is -2.22. The SMILES string of the molecule is CN/C(=C(/F)C(=N)C(C)(C)O)C1(O)CC2CC(c3ncn(C)c3C=O)CC2C1. The molecule has 2 fully saturated rings. The van der Waals surface area contributed by atoms with E-state index in [1.807, 2.05) is 0 Å². The van der Waals surface area contributed by atoms with Gasteiger partial charge in [0.05, 0.1) is 17.7 Å². The lowest BCUT2D eigenvalue weighted by atomic mass is 9.88. The molecule has 1 aromatic rings. The van der Waals surface area contributed by atoms with Gasteiger partial charge in [0.15, 0.2) is 12.1 Å². The highest BCUT2D eigenvalue weighted by Gasteiger charge is 2.52.